The minimum atomic E-state index is -0.428. The Kier molecular flexibility index (Phi) is 7.19. The van der Waals surface area contributed by atoms with Crippen molar-refractivity contribution in [1.82, 2.24) is 10.1 Å². The van der Waals surface area contributed by atoms with Gasteiger partial charge in [0.2, 0.25) is 0 Å². The highest BCUT2D eigenvalue weighted by atomic mass is 16.6. The Hall–Kier alpha value is -3.16. The first kappa shape index (κ1) is 22.0. The van der Waals surface area contributed by atoms with E-state index in [9.17, 15) is 4.79 Å². The van der Waals surface area contributed by atoms with Crippen LogP contribution >= 0.6 is 0 Å². The van der Waals surface area contributed by atoms with Crippen molar-refractivity contribution in [3.63, 3.8) is 0 Å². The number of benzene rings is 2. The smallest absolute Gasteiger partial charge is 0.342 e. The molecule has 7 nitrogen and oxygen atoms in total. The molecule has 0 N–H and O–H groups in total. The monoisotopic (exact) mass is 436 g/mol. The van der Waals surface area contributed by atoms with Gasteiger partial charge in [-0.1, -0.05) is 47.6 Å². The first-order chi connectivity index (χ1) is 15.6. The standard InChI is InChI=1S/C25H28N2O5/c1-18-23(19(2)32-26-18)17-30-24-11-7-6-10-22(24)25(28)31-16-21-15-27(12-13-29-21)14-20-8-4-3-5-9-20/h3-11,21H,12-17H2,1-2H3. The summed E-state index contributed by atoms with van der Waals surface area (Å²) in [6.07, 6.45) is -0.160. The Morgan fingerprint density at radius 3 is 2.69 bits per heavy atom. The maximum Gasteiger partial charge on any atom is 0.342 e. The molecule has 0 saturated carbocycles. The lowest BCUT2D eigenvalue weighted by Crippen LogP contribution is -2.44. The molecule has 1 fully saturated rings. The van der Waals surface area contributed by atoms with Crippen LogP contribution in [0.3, 0.4) is 0 Å². The highest BCUT2D eigenvalue weighted by Gasteiger charge is 2.23. The Labute approximate surface area is 187 Å². The molecular formula is C25H28N2O5. The van der Waals surface area contributed by atoms with E-state index in [0.29, 0.717) is 30.2 Å². The predicted octanol–water partition coefficient (Wildman–Crippen LogP) is 3.93. The first-order valence-corrected chi connectivity index (χ1v) is 10.8. The number of aromatic nitrogens is 1. The fraction of sp³-hybridized carbons (Fsp3) is 0.360. The largest absolute Gasteiger partial charge is 0.488 e. The van der Waals surface area contributed by atoms with Crippen LogP contribution in [0.2, 0.25) is 0 Å². The molecule has 7 heteroatoms. The van der Waals surface area contributed by atoms with E-state index >= 15 is 0 Å². The molecule has 1 aliphatic rings. The summed E-state index contributed by atoms with van der Waals surface area (Å²) in [5, 5.41) is 3.94. The van der Waals surface area contributed by atoms with Gasteiger partial charge in [-0.3, -0.25) is 4.90 Å². The summed E-state index contributed by atoms with van der Waals surface area (Å²) in [5.41, 5.74) is 3.30. The number of rotatable bonds is 8. The molecule has 0 aliphatic carbocycles. The number of carbonyl (C=O) groups is 1. The van der Waals surface area contributed by atoms with Gasteiger partial charge in [-0.05, 0) is 31.5 Å². The van der Waals surface area contributed by atoms with Crippen LogP contribution in [0.25, 0.3) is 0 Å². The third-order valence-electron chi connectivity index (χ3n) is 5.53. The molecule has 1 unspecified atom stereocenters. The number of aryl methyl sites for hydroxylation is 2. The summed E-state index contributed by atoms with van der Waals surface area (Å²) < 4.78 is 22.5. The third kappa shape index (κ3) is 5.55. The number of ether oxygens (including phenoxy) is 3. The molecule has 1 saturated heterocycles. The summed E-state index contributed by atoms with van der Waals surface area (Å²) in [6.45, 7) is 7.21. The molecule has 168 valence electrons. The van der Waals surface area contributed by atoms with Crippen LogP contribution in [0.15, 0.2) is 59.1 Å². The van der Waals surface area contributed by atoms with E-state index in [0.717, 1.165) is 24.3 Å². The zero-order chi connectivity index (χ0) is 22.3. The Morgan fingerprint density at radius 1 is 1.12 bits per heavy atom. The molecule has 4 rings (SSSR count). The molecule has 1 aliphatic heterocycles. The number of morpholine rings is 1. The molecular weight excluding hydrogens is 408 g/mol. The van der Waals surface area contributed by atoms with Crippen molar-refractivity contribution in [3.8, 4) is 5.75 Å². The minimum Gasteiger partial charge on any atom is -0.488 e. The lowest BCUT2D eigenvalue weighted by atomic mass is 10.2. The van der Waals surface area contributed by atoms with Crippen LogP contribution in [-0.2, 0) is 22.6 Å². The Morgan fingerprint density at radius 2 is 1.91 bits per heavy atom. The van der Waals surface area contributed by atoms with Gasteiger partial charge >= 0.3 is 5.97 Å². The van der Waals surface area contributed by atoms with Gasteiger partial charge in [-0.25, -0.2) is 4.79 Å². The average Bonchev–Trinajstić information content (AvgIpc) is 3.14. The number of carbonyl (C=O) groups excluding carboxylic acids is 1. The third-order valence-corrected chi connectivity index (χ3v) is 5.53. The van der Waals surface area contributed by atoms with Gasteiger partial charge in [-0.15, -0.1) is 0 Å². The van der Waals surface area contributed by atoms with Crippen molar-refractivity contribution < 1.29 is 23.5 Å². The van der Waals surface area contributed by atoms with Gasteiger partial charge in [0.05, 0.1) is 17.9 Å². The second-order valence-corrected chi connectivity index (χ2v) is 7.90. The van der Waals surface area contributed by atoms with E-state index < -0.39 is 5.97 Å². The summed E-state index contributed by atoms with van der Waals surface area (Å²) >= 11 is 0. The predicted molar refractivity (Wildman–Crippen MR) is 118 cm³/mol. The highest BCUT2D eigenvalue weighted by molar-refractivity contribution is 5.92. The molecule has 0 radical (unpaired) electrons. The Balaban J connectivity index is 1.32. The van der Waals surface area contributed by atoms with Crippen LogP contribution in [0, 0.1) is 13.8 Å². The van der Waals surface area contributed by atoms with Crippen LogP contribution in [0.1, 0.15) is 32.9 Å². The normalized spacial score (nSPS) is 16.6. The van der Waals surface area contributed by atoms with Crippen molar-refractivity contribution in [1.29, 1.82) is 0 Å². The number of hydrogen-bond donors (Lipinski definition) is 0. The van der Waals surface area contributed by atoms with Crippen molar-refractivity contribution >= 4 is 5.97 Å². The fourth-order valence-corrected chi connectivity index (χ4v) is 3.73. The van der Waals surface area contributed by atoms with Gasteiger partial charge in [0.25, 0.3) is 0 Å². The van der Waals surface area contributed by atoms with Crippen molar-refractivity contribution in [3.05, 3.63) is 82.7 Å². The molecule has 0 bridgehead atoms. The van der Waals surface area contributed by atoms with E-state index in [-0.39, 0.29) is 19.3 Å². The van der Waals surface area contributed by atoms with E-state index in [2.05, 4.69) is 22.2 Å². The first-order valence-electron chi connectivity index (χ1n) is 10.8. The SMILES string of the molecule is Cc1noc(C)c1COc1ccccc1C(=O)OCC1CN(Cc2ccccc2)CCO1. The molecule has 3 aromatic rings. The molecule has 2 aromatic carbocycles. The topological polar surface area (TPSA) is 74.0 Å². The van der Waals surface area contributed by atoms with Crippen molar-refractivity contribution in [2.24, 2.45) is 0 Å². The van der Waals surface area contributed by atoms with E-state index in [1.165, 1.54) is 5.56 Å². The molecule has 1 atom stereocenters. The van der Waals surface area contributed by atoms with Gasteiger partial charge < -0.3 is 18.7 Å². The lowest BCUT2D eigenvalue weighted by Gasteiger charge is -2.32. The highest BCUT2D eigenvalue weighted by Crippen LogP contribution is 2.22. The summed E-state index contributed by atoms with van der Waals surface area (Å²) in [7, 11) is 0. The fourth-order valence-electron chi connectivity index (χ4n) is 3.73. The van der Waals surface area contributed by atoms with Crippen LogP contribution in [-0.4, -0.2) is 48.4 Å². The van der Waals surface area contributed by atoms with Gasteiger partial charge in [0.15, 0.2) is 0 Å². The van der Waals surface area contributed by atoms with Gasteiger partial charge in [0.1, 0.15) is 36.4 Å². The molecule has 1 aromatic heterocycles. The summed E-state index contributed by atoms with van der Waals surface area (Å²) in [4.78, 5) is 15.1. The minimum absolute atomic E-state index is 0.160. The summed E-state index contributed by atoms with van der Waals surface area (Å²) in [5.74, 6) is 0.743. The summed E-state index contributed by atoms with van der Waals surface area (Å²) in [6, 6.07) is 17.4. The quantitative estimate of drug-likeness (QED) is 0.495. The lowest BCUT2D eigenvalue weighted by molar-refractivity contribution is -0.0613. The maximum absolute atomic E-state index is 12.8. The van der Waals surface area contributed by atoms with E-state index in [1.807, 2.05) is 38.1 Å². The van der Waals surface area contributed by atoms with E-state index in [4.69, 9.17) is 18.7 Å². The second kappa shape index (κ2) is 10.4. The molecule has 32 heavy (non-hydrogen) atoms. The number of hydrogen-bond acceptors (Lipinski definition) is 7. The van der Waals surface area contributed by atoms with Crippen LogP contribution < -0.4 is 4.74 Å². The average molecular weight is 437 g/mol. The number of nitrogens with zero attached hydrogens (tertiary/aromatic N) is 2. The second-order valence-electron chi connectivity index (χ2n) is 7.90. The van der Waals surface area contributed by atoms with Crippen LogP contribution in [0.4, 0.5) is 0 Å². The molecule has 0 amide bonds. The van der Waals surface area contributed by atoms with Gasteiger partial charge in [0, 0.05) is 19.6 Å². The van der Waals surface area contributed by atoms with Gasteiger partial charge in [-0.2, -0.15) is 0 Å². The number of esters is 1. The zero-order valence-corrected chi connectivity index (χ0v) is 18.5. The van der Waals surface area contributed by atoms with E-state index in [1.54, 1.807) is 18.2 Å². The number of para-hydroxylation sites is 1. The van der Waals surface area contributed by atoms with Crippen molar-refractivity contribution in [2.75, 3.05) is 26.3 Å². The molecule has 2 heterocycles. The maximum atomic E-state index is 12.8. The molecule has 0 spiro atoms. The zero-order valence-electron chi connectivity index (χ0n) is 18.5. The van der Waals surface area contributed by atoms with Crippen molar-refractivity contribution in [2.45, 2.75) is 33.1 Å². The van der Waals surface area contributed by atoms with Crippen LogP contribution in [0.5, 0.6) is 5.75 Å². The Bertz CT molecular complexity index is 1010.